The van der Waals surface area contributed by atoms with E-state index >= 15 is 0 Å². The lowest BCUT2D eigenvalue weighted by Gasteiger charge is -2.34. The molecule has 0 radical (unpaired) electrons. The largest absolute Gasteiger partial charge is 0.480 e. The smallest absolute Gasteiger partial charge is 0.407 e. The molecule has 6 nitrogen and oxygen atoms in total. The number of nitrogens with one attached hydrogen (secondary N) is 1. The van der Waals surface area contributed by atoms with Crippen LogP contribution in [0.3, 0.4) is 0 Å². The average Bonchev–Trinajstić information content (AvgIpc) is 2.25. The number of alkyl halides is 1. The van der Waals surface area contributed by atoms with E-state index in [1.54, 1.807) is 0 Å². The van der Waals surface area contributed by atoms with Crippen LogP contribution in [-0.2, 0) is 14.3 Å². The fraction of sp³-hybridized carbons (Fsp3) is 0.778. The Labute approximate surface area is 91.7 Å². The zero-order valence-electron chi connectivity index (χ0n) is 8.86. The third-order valence-corrected chi connectivity index (χ3v) is 2.54. The second-order valence-electron chi connectivity index (χ2n) is 3.55. The van der Waals surface area contributed by atoms with Gasteiger partial charge in [0.15, 0.2) is 6.04 Å². The van der Waals surface area contributed by atoms with Gasteiger partial charge in [0.2, 0.25) is 0 Å². The minimum atomic E-state index is -1.99. The van der Waals surface area contributed by atoms with Crippen LogP contribution in [0.25, 0.3) is 0 Å². The number of halogens is 1. The SMILES string of the molecule is COC(=O)NC(C(=O)O)C1(F)CCOCC1. The lowest BCUT2D eigenvalue weighted by Crippen LogP contribution is -2.56. The highest BCUT2D eigenvalue weighted by Gasteiger charge is 2.46. The van der Waals surface area contributed by atoms with E-state index in [9.17, 15) is 14.0 Å². The van der Waals surface area contributed by atoms with Crippen LogP contribution in [0.4, 0.5) is 9.18 Å². The molecule has 1 aliphatic heterocycles. The molecule has 1 saturated heterocycles. The first-order valence-electron chi connectivity index (χ1n) is 4.83. The summed E-state index contributed by atoms with van der Waals surface area (Å²) in [6, 6.07) is -1.61. The van der Waals surface area contributed by atoms with E-state index in [-0.39, 0.29) is 26.1 Å². The number of methoxy groups -OCH3 is 1. The van der Waals surface area contributed by atoms with Crippen molar-refractivity contribution in [3.05, 3.63) is 0 Å². The second-order valence-corrected chi connectivity index (χ2v) is 3.55. The first-order valence-corrected chi connectivity index (χ1v) is 4.83. The Morgan fingerprint density at radius 2 is 2.06 bits per heavy atom. The van der Waals surface area contributed by atoms with E-state index in [1.165, 1.54) is 0 Å². The van der Waals surface area contributed by atoms with Crippen molar-refractivity contribution in [2.45, 2.75) is 24.6 Å². The number of carboxylic acid groups (broad SMARTS) is 1. The maximum atomic E-state index is 14.3. The van der Waals surface area contributed by atoms with Gasteiger partial charge in [-0.2, -0.15) is 0 Å². The number of carbonyl (C=O) groups excluding carboxylic acids is 1. The van der Waals surface area contributed by atoms with E-state index in [0.717, 1.165) is 7.11 Å². The van der Waals surface area contributed by atoms with Crippen molar-refractivity contribution in [2.24, 2.45) is 0 Å². The van der Waals surface area contributed by atoms with Gasteiger partial charge in [0.05, 0.1) is 7.11 Å². The van der Waals surface area contributed by atoms with Crippen molar-refractivity contribution in [1.29, 1.82) is 0 Å². The molecule has 1 atom stereocenters. The van der Waals surface area contributed by atoms with E-state index < -0.39 is 23.8 Å². The Morgan fingerprint density at radius 1 is 1.50 bits per heavy atom. The normalized spacial score (nSPS) is 20.9. The van der Waals surface area contributed by atoms with Crippen LogP contribution in [0.2, 0.25) is 0 Å². The molecule has 1 fully saturated rings. The fourth-order valence-electron chi connectivity index (χ4n) is 1.59. The number of rotatable bonds is 3. The Morgan fingerprint density at radius 3 is 2.50 bits per heavy atom. The summed E-state index contributed by atoms with van der Waals surface area (Å²) in [6.07, 6.45) is -1.09. The number of alkyl carbamates (subject to hydrolysis) is 1. The summed E-state index contributed by atoms with van der Waals surface area (Å²) in [6.45, 7) is 0.284. The third-order valence-electron chi connectivity index (χ3n) is 2.54. The van der Waals surface area contributed by atoms with Gasteiger partial charge in [-0.3, -0.25) is 0 Å². The van der Waals surface area contributed by atoms with E-state index in [2.05, 4.69) is 4.74 Å². The molecule has 0 bridgehead atoms. The van der Waals surface area contributed by atoms with Crippen LogP contribution in [0.1, 0.15) is 12.8 Å². The van der Waals surface area contributed by atoms with Gasteiger partial charge in [0.1, 0.15) is 5.67 Å². The molecule has 0 spiro atoms. The van der Waals surface area contributed by atoms with Crippen LogP contribution < -0.4 is 5.32 Å². The molecular formula is C9H14FNO5. The Balaban J connectivity index is 2.75. The summed E-state index contributed by atoms with van der Waals surface area (Å²) < 4.78 is 23.5. The molecule has 0 saturated carbocycles. The molecule has 16 heavy (non-hydrogen) atoms. The second kappa shape index (κ2) is 5.11. The van der Waals surface area contributed by atoms with Crippen LogP contribution in [0.15, 0.2) is 0 Å². The number of ether oxygens (including phenoxy) is 2. The van der Waals surface area contributed by atoms with Crippen molar-refractivity contribution >= 4 is 12.1 Å². The minimum absolute atomic E-state index is 0.0615. The van der Waals surface area contributed by atoms with E-state index in [4.69, 9.17) is 9.84 Å². The lowest BCUT2D eigenvalue weighted by atomic mass is 9.88. The van der Waals surface area contributed by atoms with Gasteiger partial charge in [0.25, 0.3) is 0 Å². The molecular weight excluding hydrogens is 221 g/mol. The van der Waals surface area contributed by atoms with Gasteiger partial charge in [-0.05, 0) is 0 Å². The van der Waals surface area contributed by atoms with Crippen LogP contribution in [0.5, 0.6) is 0 Å². The zero-order valence-corrected chi connectivity index (χ0v) is 8.86. The third kappa shape index (κ3) is 2.82. The van der Waals surface area contributed by atoms with Crippen molar-refractivity contribution in [3.8, 4) is 0 Å². The van der Waals surface area contributed by atoms with Gasteiger partial charge in [0, 0.05) is 26.1 Å². The Hall–Kier alpha value is -1.37. The zero-order chi connectivity index (χ0) is 12.2. The Bertz CT molecular complexity index is 277. The van der Waals surface area contributed by atoms with Gasteiger partial charge >= 0.3 is 12.1 Å². The standard InChI is InChI=1S/C9H14FNO5/c1-15-8(14)11-6(7(12)13)9(10)2-4-16-5-3-9/h6H,2-5H2,1H3,(H,11,14)(H,12,13). The number of hydrogen-bond acceptors (Lipinski definition) is 4. The predicted molar refractivity (Wildman–Crippen MR) is 50.9 cm³/mol. The van der Waals surface area contributed by atoms with Crippen LogP contribution >= 0.6 is 0 Å². The first kappa shape index (κ1) is 12.7. The number of carbonyl (C=O) groups is 2. The molecule has 1 amide bonds. The summed E-state index contributed by atoms with van der Waals surface area (Å²) in [5, 5.41) is 10.9. The number of hydrogen-bond donors (Lipinski definition) is 2. The summed E-state index contributed by atoms with van der Waals surface area (Å²) >= 11 is 0. The lowest BCUT2D eigenvalue weighted by molar-refractivity contribution is -0.146. The van der Waals surface area contributed by atoms with Gasteiger partial charge in [-0.25, -0.2) is 14.0 Å². The summed E-state index contributed by atoms with van der Waals surface area (Å²) in [7, 11) is 1.09. The minimum Gasteiger partial charge on any atom is -0.480 e. The first-order chi connectivity index (χ1) is 7.49. The van der Waals surface area contributed by atoms with Gasteiger partial charge in [-0.1, -0.05) is 0 Å². The molecule has 0 aliphatic carbocycles. The number of carboxylic acids is 1. The topological polar surface area (TPSA) is 84.9 Å². The molecule has 1 unspecified atom stereocenters. The predicted octanol–water partition coefficient (Wildman–Crippen LogP) is 0.314. The molecule has 1 aliphatic rings. The van der Waals surface area contributed by atoms with Crippen molar-refractivity contribution in [1.82, 2.24) is 5.32 Å². The summed E-state index contributed by atoms with van der Waals surface area (Å²) in [4.78, 5) is 21.8. The molecule has 0 aromatic heterocycles. The van der Waals surface area contributed by atoms with Crippen molar-refractivity contribution < 1.29 is 28.6 Å². The quantitative estimate of drug-likeness (QED) is 0.735. The van der Waals surface area contributed by atoms with Crippen LogP contribution in [0, 0.1) is 0 Å². The molecule has 2 N–H and O–H groups in total. The maximum absolute atomic E-state index is 14.3. The van der Waals surface area contributed by atoms with Crippen molar-refractivity contribution in [2.75, 3.05) is 20.3 Å². The fourth-order valence-corrected chi connectivity index (χ4v) is 1.59. The highest BCUT2D eigenvalue weighted by Crippen LogP contribution is 2.29. The molecule has 7 heteroatoms. The van der Waals surface area contributed by atoms with E-state index in [1.807, 2.05) is 5.32 Å². The van der Waals surface area contributed by atoms with E-state index in [0.29, 0.717) is 0 Å². The van der Waals surface area contributed by atoms with Gasteiger partial charge in [-0.15, -0.1) is 0 Å². The van der Waals surface area contributed by atoms with Crippen LogP contribution in [-0.4, -0.2) is 49.2 Å². The molecule has 0 aromatic rings. The highest BCUT2D eigenvalue weighted by atomic mass is 19.1. The van der Waals surface area contributed by atoms with Gasteiger partial charge < -0.3 is 19.9 Å². The summed E-state index contributed by atoms with van der Waals surface area (Å²) in [5.41, 5.74) is -1.99. The average molecular weight is 235 g/mol. The molecule has 0 aromatic carbocycles. The summed E-state index contributed by atoms with van der Waals surface area (Å²) in [5.74, 6) is -1.42. The highest BCUT2D eigenvalue weighted by molar-refractivity contribution is 5.81. The Kier molecular flexibility index (Phi) is 4.05. The molecule has 1 rings (SSSR count). The number of aliphatic carboxylic acids is 1. The van der Waals surface area contributed by atoms with Crippen molar-refractivity contribution in [3.63, 3.8) is 0 Å². The molecule has 92 valence electrons. The molecule has 1 heterocycles. The number of amides is 1. The monoisotopic (exact) mass is 235 g/mol. The maximum Gasteiger partial charge on any atom is 0.407 e.